The summed E-state index contributed by atoms with van der Waals surface area (Å²) in [5.74, 6) is 0.149. The van der Waals surface area contributed by atoms with Crippen molar-refractivity contribution in [3.8, 4) is 17.2 Å². The maximum absolute atomic E-state index is 14.2. The SMILES string of the molecule is CCC(C)(C)NC(=O)C(c1ccc(O)cc1)N(C(=O)Cn1nnc2ccccc21)c1ccc(OC)c(OC)c1. The van der Waals surface area contributed by atoms with Crippen molar-refractivity contribution in [1.29, 1.82) is 0 Å². The van der Waals surface area contributed by atoms with Gasteiger partial charge in [0.25, 0.3) is 0 Å². The first-order chi connectivity index (χ1) is 18.7. The van der Waals surface area contributed by atoms with E-state index in [1.54, 1.807) is 30.3 Å². The average Bonchev–Trinajstić information content (AvgIpc) is 3.34. The van der Waals surface area contributed by atoms with Crippen LogP contribution in [0.25, 0.3) is 11.0 Å². The number of phenolic OH excluding ortho intramolecular Hbond substituents is 1. The van der Waals surface area contributed by atoms with E-state index in [-0.39, 0.29) is 18.2 Å². The number of amides is 2. The molecule has 1 aromatic heterocycles. The Hall–Kier alpha value is -4.60. The number of benzene rings is 3. The average molecular weight is 532 g/mol. The molecule has 204 valence electrons. The molecule has 1 atom stereocenters. The van der Waals surface area contributed by atoms with Crippen LogP contribution in [0.4, 0.5) is 5.69 Å². The van der Waals surface area contributed by atoms with Crippen molar-refractivity contribution in [2.24, 2.45) is 0 Å². The van der Waals surface area contributed by atoms with Crippen LogP contribution in [0.1, 0.15) is 38.8 Å². The first kappa shape index (κ1) is 27.4. The summed E-state index contributed by atoms with van der Waals surface area (Å²) >= 11 is 0. The molecule has 2 amide bonds. The smallest absolute Gasteiger partial charge is 0.249 e. The van der Waals surface area contributed by atoms with Gasteiger partial charge in [-0.2, -0.15) is 0 Å². The molecular formula is C29H33N5O5. The molecule has 4 rings (SSSR count). The molecule has 0 saturated heterocycles. The van der Waals surface area contributed by atoms with E-state index in [9.17, 15) is 14.7 Å². The summed E-state index contributed by atoms with van der Waals surface area (Å²) < 4.78 is 12.4. The number of nitrogens with one attached hydrogen (secondary N) is 1. The molecule has 0 aliphatic rings. The van der Waals surface area contributed by atoms with Gasteiger partial charge in [-0.15, -0.1) is 5.10 Å². The lowest BCUT2D eigenvalue weighted by Crippen LogP contribution is -2.51. The molecule has 10 heteroatoms. The van der Waals surface area contributed by atoms with Crippen LogP contribution in [-0.2, 0) is 16.1 Å². The molecule has 0 fully saturated rings. The lowest BCUT2D eigenvalue weighted by atomic mass is 9.98. The number of rotatable bonds is 10. The van der Waals surface area contributed by atoms with E-state index < -0.39 is 17.5 Å². The van der Waals surface area contributed by atoms with Crippen LogP contribution in [0, 0.1) is 0 Å². The van der Waals surface area contributed by atoms with E-state index in [1.807, 2.05) is 45.0 Å². The zero-order valence-corrected chi connectivity index (χ0v) is 22.7. The number of nitrogens with zero attached hydrogens (tertiary/aromatic N) is 4. The van der Waals surface area contributed by atoms with E-state index in [4.69, 9.17) is 9.47 Å². The zero-order valence-electron chi connectivity index (χ0n) is 22.7. The highest BCUT2D eigenvalue weighted by Crippen LogP contribution is 2.36. The molecule has 3 aromatic carbocycles. The van der Waals surface area contributed by atoms with Crippen LogP contribution in [0.2, 0.25) is 0 Å². The van der Waals surface area contributed by atoms with E-state index in [0.29, 0.717) is 40.2 Å². The minimum absolute atomic E-state index is 0.0462. The van der Waals surface area contributed by atoms with Crippen LogP contribution >= 0.6 is 0 Å². The van der Waals surface area contributed by atoms with Crippen molar-refractivity contribution in [2.75, 3.05) is 19.1 Å². The minimum atomic E-state index is -1.07. The van der Waals surface area contributed by atoms with Crippen molar-refractivity contribution >= 4 is 28.5 Å². The number of carbonyl (C=O) groups is 2. The Morgan fingerprint density at radius 1 is 1.03 bits per heavy atom. The van der Waals surface area contributed by atoms with Gasteiger partial charge in [-0.25, -0.2) is 4.68 Å². The van der Waals surface area contributed by atoms with Crippen LogP contribution in [0.5, 0.6) is 17.2 Å². The molecule has 0 bridgehead atoms. The fourth-order valence-electron chi connectivity index (χ4n) is 4.21. The Kier molecular flexibility index (Phi) is 8.04. The zero-order chi connectivity index (χ0) is 28.2. The maximum Gasteiger partial charge on any atom is 0.249 e. The van der Waals surface area contributed by atoms with Gasteiger partial charge in [0, 0.05) is 17.3 Å². The second-order valence-corrected chi connectivity index (χ2v) is 9.76. The highest BCUT2D eigenvalue weighted by Gasteiger charge is 2.35. The van der Waals surface area contributed by atoms with Gasteiger partial charge in [0.1, 0.15) is 23.9 Å². The van der Waals surface area contributed by atoms with Crippen LogP contribution in [0.15, 0.2) is 66.7 Å². The maximum atomic E-state index is 14.2. The number of aromatic nitrogens is 3. The number of methoxy groups -OCH3 is 2. The molecule has 0 aliphatic heterocycles. The number of aromatic hydroxyl groups is 1. The third kappa shape index (κ3) is 5.95. The first-order valence-electron chi connectivity index (χ1n) is 12.6. The Labute approximate surface area is 227 Å². The number of para-hydroxylation sites is 1. The fraction of sp³-hybridized carbons (Fsp3) is 0.310. The second-order valence-electron chi connectivity index (χ2n) is 9.76. The molecular weight excluding hydrogens is 498 g/mol. The molecule has 39 heavy (non-hydrogen) atoms. The summed E-state index contributed by atoms with van der Waals surface area (Å²) in [7, 11) is 3.03. The normalized spacial score (nSPS) is 12.1. The Morgan fingerprint density at radius 2 is 1.72 bits per heavy atom. The predicted molar refractivity (Wildman–Crippen MR) is 148 cm³/mol. The number of ether oxygens (including phenoxy) is 2. The van der Waals surface area contributed by atoms with Crippen molar-refractivity contribution in [2.45, 2.75) is 45.3 Å². The van der Waals surface area contributed by atoms with Gasteiger partial charge in [-0.1, -0.05) is 36.4 Å². The van der Waals surface area contributed by atoms with E-state index in [1.165, 1.54) is 35.9 Å². The minimum Gasteiger partial charge on any atom is -0.508 e. The lowest BCUT2D eigenvalue weighted by Gasteiger charge is -2.35. The fourth-order valence-corrected chi connectivity index (χ4v) is 4.21. The van der Waals surface area contributed by atoms with E-state index in [2.05, 4.69) is 15.6 Å². The summed E-state index contributed by atoms with van der Waals surface area (Å²) in [4.78, 5) is 29.5. The molecule has 0 radical (unpaired) electrons. The van der Waals surface area contributed by atoms with Gasteiger partial charge in [0.2, 0.25) is 11.8 Å². The van der Waals surface area contributed by atoms with Gasteiger partial charge in [0.15, 0.2) is 11.5 Å². The molecule has 1 heterocycles. The molecule has 0 aliphatic carbocycles. The summed E-state index contributed by atoms with van der Waals surface area (Å²) in [6.45, 7) is 5.64. The largest absolute Gasteiger partial charge is 0.508 e. The van der Waals surface area contributed by atoms with Crippen LogP contribution < -0.4 is 19.7 Å². The summed E-state index contributed by atoms with van der Waals surface area (Å²) in [5, 5.41) is 21.3. The van der Waals surface area contributed by atoms with E-state index >= 15 is 0 Å². The number of hydrogen-bond acceptors (Lipinski definition) is 7. The summed E-state index contributed by atoms with van der Waals surface area (Å²) in [6.07, 6.45) is 0.677. The number of carbonyl (C=O) groups excluding carboxylic acids is 2. The van der Waals surface area contributed by atoms with Crippen molar-refractivity contribution in [3.05, 3.63) is 72.3 Å². The standard InChI is InChI=1S/C29H33N5O5/c1-6-29(2,3)30-28(37)27(19-11-14-21(35)15-12-19)34(20-13-16-24(38-4)25(17-20)39-5)26(36)18-33-23-10-8-7-9-22(23)31-32-33/h7-17,27,35H,6,18H2,1-5H3,(H,30,37). The molecule has 10 nitrogen and oxygen atoms in total. The van der Waals surface area contributed by atoms with Gasteiger partial charge in [-0.3, -0.25) is 14.5 Å². The Bertz CT molecular complexity index is 1460. The van der Waals surface area contributed by atoms with Crippen LogP contribution in [-0.4, -0.2) is 51.7 Å². The topological polar surface area (TPSA) is 119 Å². The Balaban J connectivity index is 1.86. The van der Waals surface area contributed by atoms with Crippen molar-refractivity contribution < 1.29 is 24.2 Å². The second kappa shape index (κ2) is 11.4. The van der Waals surface area contributed by atoms with Gasteiger partial charge < -0.3 is 19.9 Å². The molecule has 2 N–H and O–H groups in total. The summed E-state index contributed by atoms with van der Waals surface area (Å²) in [6, 6.07) is 17.5. The number of hydrogen-bond donors (Lipinski definition) is 2. The monoisotopic (exact) mass is 531 g/mol. The Morgan fingerprint density at radius 3 is 2.38 bits per heavy atom. The van der Waals surface area contributed by atoms with E-state index in [0.717, 1.165) is 0 Å². The van der Waals surface area contributed by atoms with Gasteiger partial charge >= 0.3 is 0 Å². The highest BCUT2D eigenvalue weighted by atomic mass is 16.5. The predicted octanol–water partition coefficient (Wildman–Crippen LogP) is 4.23. The molecule has 4 aromatic rings. The third-order valence-corrected chi connectivity index (χ3v) is 6.68. The van der Waals surface area contributed by atoms with Crippen LogP contribution in [0.3, 0.4) is 0 Å². The molecule has 0 saturated carbocycles. The highest BCUT2D eigenvalue weighted by molar-refractivity contribution is 6.02. The first-order valence-corrected chi connectivity index (χ1v) is 12.6. The number of phenols is 1. The number of anilines is 1. The summed E-state index contributed by atoms with van der Waals surface area (Å²) in [5.41, 5.74) is 1.76. The lowest BCUT2D eigenvalue weighted by molar-refractivity contribution is -0.128. The van der Waals surface area contributed by atoms with Gasteiger partial charge in [0.05, 0.1) is 19.7 Å². The van der Waals surface area contributed by atoms with Crippen molar-refractivity contribution in [3.63, 3.8) is 0 Å². The van der Waals surface area contributed by atoms with Gasteiger partial charge in [-0.05, 0) is 62.2 Å². The molecule has 1 unspecified atom stereocenters. The quantitative estimate of drug-likeness (QED) is 0.314. The molecule has 0 spiro atoms. The third-order valence-electron chi connectivity index (χ3n) is 6.68. The van der Waals surface area contributed by atoms with Crippen molar-refractivity contribution in [1.82, 2.24) is 20.3 Å². The number of fused-ring (bicyclic) bond motifs is 1.